The Bertz CT molecular complexity index is 325. The monoisotopic (exact) mass is 235 g/mol. The topological polar surface area (TPSA) is 28.2 Å². The van der Waals surface area contributed by atoms with Crippen LogP contribution in [-0.4, -0.2) is 36.1 Å². The van der Waals surface area contributed by atoms with Gasteiger partial charge in [-0.3, -0.25) is 9.88 Å². The molecule has 3 nitrogen and oxygen atoms in total. The van der Waals surface area contributed by atoms with Crippen LogP contribution in [0.3, 0.4) is 0 Å². The third-order valence-electron chi connectivity index (χ3n) is 3.10. The molecule has 0 fully saturated rings. The molecule has 0 radical (unpaired) electrons. The summed E-state index contributed by atoms with van der Waals surface area (Å²) in [5.74, 6) is 0. The van der Waals surface area contributed by atoms with E-state index in [1.807, 2.05) is 13.0 Å². The van der Waals surface area contributed by atoms with Crippen molar-refractivity contribution in [2.24, 2.45) is 0 Å². The van der Waals surface area contributed by atoms with Crippen LogP contribution in [0.4, 0.5) is 0 Å². The minimum atomic E-state index is 0.580. The number of rotatable bonds is 7. The van der Waals surface area contributed by atoms with Crippen LogP contribution in [0.1, 0.15) is 31.7 Å². The van der Waals surface area contributed by atoms with Gasteiger partial charge in [0.15, 0.2) is 0 Å². The summed E-state index contributed by atoms with van der Waals surface area (Å²) < 4.78 is 0. The van der Waals surface area contributed by atoms with Gasteiger partial charge in [0.05, 0.1) is 5.69 Å². The second-order valence-electron chi connectivity index (χ2n) is 4.68. The Kier molecular flexibility index (Phi) is 6.16. The van der Waals surface area contributed by atoms with Crippen LogP contribution < -0.4 is 5.32 Å². The van der Waals surface area contributed by atoms with E-state index in [0.29, 0.717) is 6.04 Å². The molecule has 17 heavy (non-hydrogen) atoms. The normalized spacial score (nSPS) is 13.0. The Morgan fingerprint density at radius 3 is 2.82 bits per heavy atom. The number of aryl methyl sites for hydroxylation is 1. The zero-order valence-corrected chi connectivity index (χ0v) is 11.5. The van der Waals surface area contributed by atoms with Gasteiger partial charge in [0.25, 0.3) is 0 Å². The lowest BCUT2D eigenvalue weighted by Gasteiger charge is -2.24. The Morgan fingerprint density at radius 2 is 2.18 bits per heavy atom. The third kappa shape index (κ3) is 5.29. The Balaban J connectivity index is 2.39. The highest BCUT2D eigenvalue weighted by molar-refractivity contribution is 5.09. The first-order chi connectivity index (χ1) is 8.13. The molecule has 0 aliphatic rings. The van der Waals surface area contributed by atoms with E-state index in [1.165, 1.54) is 6.42 Å². The first kappa shape index (κ1) is 14.1. The molecule has 0 bridgehead atoms. The maximum absolute atomic E-state index is 4.53. The van der Waals surface area contributed by atoms with Gasteiger partial charge < -0.3 is 5.32 Å². The number of nitrogens with zero attached hydrogens (tertiary/aromatic N) is 2. The van der Waals surface area contributed by atoms with E-state index in [2.05, 4.69) is 48.2 Å². The van der Waals surface area contributed by atoms with Gasteiger partial charge in [0.1, 0.15) is 0 Å². The number of aromatic nitrogens is 1. The quantitative estimate of drug-likeness (QED) is 0.734. The SMILES string of the molecule is CCNCCC(C)N(C)Cc1cccc(C)n1. The molecule has 1 aromatic heterocycles. The molecule has 1 unspecified atom stereocenters. The fourth-order valence-corrected chi connectivity index (χ4v) is 1.81. The smallest absolute Gasteiger partial charge is 0.0547 e. The maximum Gasteiger partial charge on any atom is 0.0547 e. The average Bonchev–Trinajstić information content (AvgIpc) is 2.29. The number of pyridine rings is 1. The Labute approximate surface area is 105 Å². The fourth-order valence-electron chi connectivity index (χ4n) is 1.81. The molecule has 0 amide bonds. The lowest BCUT2D eigenvalue weighted by Crippen LogP contribution is -2.32. The molecule has 96 valence electrons. The predicted octanol–water partition coefficient (Wildman–Crippen LogP) is 2.21. The molecule has 1 N–H and O–H groups in total. The van der Waals surface area contributed by atoms with Gasteiger partial charge in [-0.25, -0.2) is 0 Å². The van der Waals surface area contributed by atoms with Gasteiger partial charge in [-0.1, -0.05) is 13.0 Å². The lowest BCUT2D eigenvalue weighted by molar-refractivity contribution is 0.234. The van der Waals surface area contributed by atoms with Crippen LogP contribution in [0.2, 0.25) is 0 Å². The zero-order chi connectivity index (χ0) is 12.7. The second kappa shape index (κ2) is 7.41. The van der Waals surface area contributed by atoms with Gasteiger partial charge in [-0.05, 0) is 52.5 Å². The third-order valence-corrected chi connectivity index (χ3v) is 3.10. The number of hydrogen-bond donors (Lipinski definition) is 1. The summed E-state index contributed by atoms with van der Waals surface area (Å²) >= 11 is 0. The van der Waals surface area contributed by atoms with Gasteiger partial charge in [0.2, 0.25) is 0 Å². The standard InChI is InChI=1S/C14H25N3/c1-5-15-10-9-13(3)17(4)11-14-8-6-7-12(2)16-14/h6-8,13,15H,5,9-11H2,1-4H3. The summed E-state index contributed by atoms with van der Waals surface area (Å²) in [6, 6.07) is 6.80. The zero-order valence-electron chi connectivity index (χ0n) is 11.5. The van der Waals surface area contributed by atoms with Crippen molar-refractivity contribution in [2.75, 3.05) is 20.1 Å². The van der Waals surface area contributed by atoms with E-state index < -0.39 is 0 Å². The van der Waals surface area contributed by atoms with E-state index in [4.69, 9.17) is 0 Å². The van der Waals surface area contributed by atoms with Crippen LogP contribution in [0.15, 0.2) is 18.2 Å². The highest BCUT2D eigenvalue weighted by Crippen LogP contribution is 2.07. The van der Waals surface area contributed by atoms with Gasteiger partial charge in [-0.15, -0.1) is 0 Å². The van der Waals surface area contributed by atoms with Crippen molar-refractivity contribution in [1.82, 2.24) is 15.2 Å². The molecule has 1 atom stereocenters. The van der Waals surface area contributed by atoms with Gasteiger partial charge >= 0.3 is 0 Å². The maximum atomic E-state index is 4.53. The Hall–Kier alpha value is -0.930. The first-order valence-corrected chi connectivity index (χ1v) is 6.47. The summed E-state index contributed by atoms with van der Waals surface area (Å²) in [5, 5.41) is 3.36. The summed E-state index contributed by atoms with van der Waals surface area (Å²) in [4.78, 5) is 6.89. The largest absolute Gasteiger partial charge is 0.317 e. The molecule has 1 heterocycles. The minimum Gasteiger partial charge on any atom is -0.317 e. The summed E-state index contributed by atoms with van der Waals surface area (Å²) in [5.41, 5.74) is 2.25. The van der Waals surface area contributed by atoms with E-state index in [-0.39, 0.29) is 0 Å². The van der Waals surface area contributed by atoms with Gasteiger partial charge in [0, 0.05) is 18.3 Å². The molecule has 1 rings (SSSR count). The molecule has 0 aliphatic heterocycles. The summed E-state index contributed by atoms with van der Waals surface area (Å²) in [6.45, 7) is 9.52. The summed E-state index contributed by atoms with van der Waals surface area (Å²) in [7, 11) is 2.17. The molecular formula is C14H25N3. The summed E-state index contributed by atoms with van der Waals surface area (Å²) in [6.07, 6.45) is 1.18. The van der Waals surface area contributed by atoms with E-state index in [1.54, 1.807) is 0 Å². The Morgan fingerprint density at radius 1 is 1.41 bits per heavy atom. The molecule has 1 aromatic rings. The molecule has 0 spiro atoms. The van der Waals surface area contributed by atoms with E-state index >= 15 is 0 Å². The molecule has 0 saturated heterocycles. The highest BCUT2D eigenvalue weighted by Gasteiger charge is 2.09. The molecule has 3 heteroatoms. The van der Waals surface area contributed by atoms with Crippen molar-refractivity contribution in [3.63, 3.8) is 0 Å². The predicted molar refractivity (Wildman–Crippen MR) is 73.1 cm³/mol. The first-order valence-electron chi connectivity index (χ1n) is 6.47. The van der Waals surface area contributed by atoms with Crippen LogP contribution >= 0.6 is 0 Å². The second-order valence-corrected chi connectivity index (χ2v) is 4.68. The van der Waals surface area contributed by atoms with E-state index in [9.17, 15) is 0 Å². The minimum absolute atomic E-state index is 0.580. The van der Waals surface area contributed by atoms with Crippen molar-refractivity contribution < 1.29 is 0 Å². The number of hydrogen-bond acceptors (Lipinski definition) is 3. The van der Waals surface area contributed by atoms with Crippen LogP contribution in [0, 0.1) is 6.92 Å². The number of nitrogens with one attached hydrogen (secondary N) is 1. The van der Waals surface area contributed by atoms with Crippen LogP contribution in [0.5, 0.6) is 0 Å². The van der Waals surface area contributed by atoms with Crippen LogP contribution in [-0.2, 0) is 6.54 Å². The average molecular weight is 235 g/mol. The molecule has 0 aromatic carbocycles. The van der Waals surface area contributed by atoms with Crippen LogP contribution in [0.25, 0.3) is 0 Å². The van der Waals surface area contributed by atoms with E-state index in [0.717, 1.165) is 31.0 Å². The van der Waals surface area contributed by atoms with Crippen molar-refractivity contribution in [2.45, 2.75) is 39.8 Å². The van der Waals surface area contributed by atoms with Crippen molar-refractivity contribution in [1.29, 1.82) is 0 Å². The molecule has 0 saturated carbocycles. The molecular weight excluding hydrogens is 210 g/mol. The lowest BCUT2D eigenvalue weighted by atomic mass is 10.2. The van der Waals surface area contributed by atoms with Crippen molar-refractivity contribution in [3.05, 3.63) is 29.6 Å². The fraction of sp³-hybridized carbons (Fsp3) is 0.643. The van der Waals surface area contributed by atoms with Gasteiger partial charge in [-0.2, -0.15) is 0 Å². The molecule has 0 aliphatic carbocycles. The highest BCUT2D eigenvalue weighted by atomic mass is 15.1. The van der Waals surface area contributed by atoms with Crippen molar-refractivity contribution >= 4 is 0 Å². The van der Waals surface area contributed by atoms with Crippen molar-refractivity contribution in [3.8, 4) is 0 Å².